The van der Waals surface area contributed by atoms with E-state index in [0.717, 1.165) is 26.9 Å². The third-order valence-electron chi connectivity index (χ3n) is 1.77. The molecule has 0 heterocycles. The molecule has 1 rings (SSSR count). The molecule has 1 atom stereocenters. The molecule has 0 saturated heterocycles. The van der Waals surface area contributed by atoms with E-state index in [4.69, 9.17) is 11.6 Å². The summed E-state index contributed by atoms with van der Waals surface area (Å²) < 4.78 is 1.04. The van der Waals surface area contributed by atoms with E-state index in [9.17, 15) is 4.79 Å². The van der Waals surface area contributed by atoms with E-state index >= 15 is 0 Å². The quantitative estimate of drug-likeness (QED) is 0.618. The number of carbonyl (C=O) groups excluding carboxylic acids is 1. The molecule has 0 bridgehead atoms. The molecule has 1 nitrogen and oxygen atoms in total. The van der Waals surface area contributed by atoms with Crippen molar-refractivity contribution in [3.8, 4) is 0 Å². The first kappa shape index (κ1) is 11.0. The number of hydrogen-bond acceptors (Lipinski definition) is 1. The van der Waals surface area contributed by atoms with Crippen LogP contribution in [0.4, 0.5) is 0 Å². The Morgan fingerprint density at radius 3 is 2.85 bits per heavy atom. The summed E-state index contributed by atoms with van der Waals surface area (Å²) in [6.07, 6.45) is 1.76. The first-order valence-electron chi connectivity index (χ1n) is 4.02. The van der Waals surface area contributed by atoms with Gasteiger partial charge in [-0.2, -0.15) is 0 Å². The van der Waals surface area contributed by atoms with Crippen LogP contribution in [0.1, 0.15) is 12.5 Å². The lowest BCUT2D eigenvalue weighted by molar-refractivity contribution is -0.110. The van der Waals surface area contributed by atoms with E-state index in [1.807, 2.05) is 25.1 Å². The zero-order chi connectivity index (χ0) is 9.84. The molecule has 3 heteroatoms. The van der Waals surface area contributed by atoms with Gasteiger partial charge >= 0.3 is 0 Å². The molecule has 1 unspecified atom stereocenters. The molecule has 1 aromatic carbocycles. The van der Waals surface area contributed by atoms with Crippen LogP contribution in [-0.2, 0) is 11.2 Å². The third kappa shape index (κ3) is 3.27. The Morgan fingerprint density at radius 2 is 2.31 bits per heavy atom. The van der Waals surface area contributed by atoms with Gasteiger partial charge in [-0.1, -0.05) is 24.6 Å². The molecule has 0 saturated carbocycles. The molecule has 0 aliphatic heterocycles. The minimum atomic E-state index is 0.0805. The number of hydrogen-bond donors (Lipinski definition) is 0. The Labute approximate surface area is 96.6 Å². The van der Waals surface area contributed by atoms with Crippen molar-refractivity contribution in [3.05, 3.63) is 32.4 Å². The van der Waals surface area contributed by atoms with Gasteiger partial charge in [0.15, 0.2) is 0 Å². The maximum absolute atomic E-state index is 10.4. The van der Waals surface area contributed by atoms with Gasteiger partial charge in [-0.25, -0.2) is 0 Å². The van der Waals surface area contributed by atoms with Crippen LogP contribution in [0.15, 0.2) is 18.2 Å². The Bertz CT molecular complexity index is 312. The molecule has 0 radical (unpaired) electrons. The molecule has 0 aliphatic carbocycles. The predicted molar refractivity (Wildman–Crippen MR) is 63.1 cm³/mol. The second-order valence-corrected chi connectivity index (χ2v) is 4.64. The summed E-state index contributed by atoms with van der Waals surface area (Å²) in [5, 5.41) is 0.767. The Morgan fingerprint density at radius 1 is 1.62 bits per heavy atom. The maximum Gasteiger partial charge on any atom is 0.123 e. The van der Waals surface area contributed by atoms with E-state index in [1.165, 1.54) is 0 Å². The van der Waals surface area contributed by atoms with Crippen LogP contribution in [-0.4, -0.2) is 6.29 Å². The fourth-order valence-electron chi connectivity index (χ4n) is 1.09. The first-order valence-corrected chi connectivity index (χ1v) is 5.48. The molecule has 13 heavy (non-hydrogen) atoms. The number of rotatable bonds is 3. The van der Waals surface area contributed by atoms with Crippen molar-refractivity contribution in [2.75, 3.05) is 0 Å². The van der Waals surface area contributed by atoms with Crippen molar-refractivity contribution in [3.63, 3.8) is 0 Å². The fourth-order valence-corrected chi connectivity index (χ4v) is 1.78. The van der Waals surface area contributed by atoms with Crippen LogP contribution in [0, 0.1) is 9.49 Å². The average Bonchev–Trinajstić information content (AvgIpc) is 2.11. The Kier molecular flexibility index (Phi) is 4.19. The van der Waals surface area contributed by atoms with Crippen molar-refractivity contribution < 1.29 is 4.79 Å². The van der Waals surface area contributed by atoms with Gasteiger partial charge in [0.05, 0.1) is 5.02 Å². The minimum absolute atomic E-state index is 0.0805. The van der Waals surface area contributed by atoms with Crippen LogP contribution in [0.25, 0.3) is 0 Å². The molecule has 70 valence electrons. The lowest BCUT2D eigenvalue weighted by Gasteiger charge is -2.04. The summed E-state index contributed by atoms with van der Waals surface area (Å²) in [4.78, 5) is 10.4. The van der Waals surface area contributed by atoms with Gasteiger partial charge in [-0.15, -0.1) is 0 Å². The molecular formula is C10H10ClIO. The Balaban J connectivity index is 2.79. The predicted octanol–water partition coefficient (Wildman–Crippen LogP) is 3.32. The van der Waals surface area contributed by atoms with Crippen molar-refractivity contribution in [2.24, 2.45) is 5.92 Å². The van der Waals surface area contributed by atoms with Gasteiger partial charge < -0.3 is 4.79 Å². The van der Waals surface area contributed by atoms with E-state index in [-0.39, 0.29) is 5.92 Å². The van der Waals surface area contributed by atoms with E-state index in [2.05, 4.69) is 22.6 Å². The number of aldehydes is 1. The van der Waals surface area contributed by atoms with Crippen molar-refractivity contribution in [1.29, 1.82) is 0 Å². The highest BCUT2D eigenvalue weighted by atomic mass is 127. The summed E-state index contributed by atoms with van der Waals surface area (Å²) in [5.74, 6) is 0.0805. The van der Waals surface area contributed by atoms with Crippen LogP contribution < -0.4 is 0 Å². The molecule has 1 aromatic rings. The summed E-state index contributed by atoms with van der Waals surface area (Å²) in [6.45, 7) is 1.91. The minimum Gasteiger partial charge on any atom is -0.303 e. The third-order valence-corrected chi connectivity index (χ3v) is 3.31. The lowest BCUT2D eigenvalue weighted by Crippen LogP contribution is -2.00. The molecule has 0 fully saturated rings. The van der Waals surface area contributed by atoms with Crippen LogP contribution >= 0.6 is 34.2 Å². The summed E-state index contributed by atoms with van der Waals surface area (Å²) >= 11 is 8.06. The van der Waals surface area contributed by atoms with Gasteiger partial charge in [0, 0.05) is 9.49 Å². The second kappa shape index (κ2) is 4.96. The smallest absolute Gasteiger partial charge is 0.123 e. The maximum atomic E-state index is 10.4. The highest BCUT2D eigenvalue weighted by Crippen LogP contribution is 2.20. The van der Waals surface area contributed by atoms with Crippen LogP contribution in [0.3, 0.4) is 0 Å². The van der Waals surface area contributed by atoms with Crippen LogP contribution in [0.5, 0.6) is 0 Å². The van der Waals surface area contributed by atoms with Crippen molar-refractivity contribution >= 4 is 40.5 Å². The van der Waals surface area contributed by atoms with E-state index < -0.39 is 0 Å². The van der Waals surface area contributed by atoms with Crippen LogP contribution in [0.2, 0.25) is 5.02 Å². The van der Waals surface area contributed by atoms with Gasteiger partial charge in [0.25, 0.3) is 0 Å². The largest absolute Gasteiger partial charge is 0.303 e. The number of benzene rings is 1. The van der Waals surface area contributed by atoms with Gasteiger partial charge in [-0.3, -0.25) is 0 Å². The zero-order valence-electron chi connectivity index (χ0n) is 7.26. The monoisotopic (exact) mass is 308 g/mol. The molecule has 0 spiro atoms. The molecule has 0 aromatic heterocycles. The highest BCUT2D eigenvalue weighted by molar-refractivity contribution is 14.1. The van der Waals surface area contributed by atoms with E-state index in [1.54, 1.807) is 0 Å². The molecule has 0 amide bonds. The average molecular weight is 309 g/mol. The number of carbonyl (C=O) groups is 1. The van der Waals surface area contributed by atoms with Crippen molar-refractivity contribution in [1.82, 2.24) is 0 Å². The van der Waals surface area contributed by atoms with Gasteiger partial charge in [0.1, 0.15) is 6.29 Å². The second-order valence-electron chi connectivity index (χ2n) is 3.07. The SMILES string of the molecule is CC(C=O)Cc1ccc(Cl)c(I)c1. The lowest BCUT2D eigenvalue weighted by atomic mass is 10.0. The summed E-state index contributed by atoms with van der Waals surface area (Å²) in [5.41, 5.74) is 1.16. The van der Waals surface area contributed by atoms with Gasteiger partial charge in [0.2, 0.25) is 0 Å². The standard InChI is InChI=1S/C10H10ClIO/c1-7(6-13)4-8-2-3-9(11)10(12)5-8/h2-3,5-7H,4H2,1H3. The zero-order valence-corrected chi connectivity index (χ0v) is 10.2. The highest BCUT2D eigenvalue weighted by Gasteiger charge is 2.03. The van der Waals surface area contributed by atoms with E-state index in [0.29, 0.717) is 0 Å². The topological polar surface area (TPSA) is 17.1 Å². The van der Waals surface area contributed by atoms with Gasteiger partial charge in [-0.05, 0) is 46.7 Å². The molecule has 0 N–H and O–H groups in total. The normalized spacial score (nSPS) is 12.5. The molecular weight excluding hydrogens is 298 g/mol. The van der Waals surface area contributed by atoms with Crippen molar-refractivity contribution in [2.45, 2.75) is 13.3 Å². The fraction of sp³-hybridized carbons (Fsp3) is 0.300. The Hall–Kier alpha value is -0.0900. The summed E-state index contributed by atoms with van der Waals surface area (Å²) in [6, 6.07) is 5.85. The first-order chi connectivity index (χ1) is 6.13. The number of halogens is 2. The summed E-state index contributed by atoms with van der Waals surface area (Å²) in [7, 11) is 0. The molecule has 0 aliphatic rings.